The lowest BCUT2D eigenvalue weighted by atomic mass is 9.66. The summed E-state index contributed by atoms with van der Waals surface area (Å²) in [6.07, 6.45) is 8.34. The number of carboxylic acids is 1. The fraction of sp³-hybridized carbons (Fsp3) is 0.640. The van der Waals surface area contributed by atoms with E-state index in [9.17, 15) is 20.1 Å². The molecule has 0 radical (unpaired) electrons. The Labute approximate surface area is 179 Å². The van der Waals surface area contributed by atoms with Crippen molar-refractivity contribution in [3.05, 3.63) is 34.9 Å². The summed E-state index contributed by atoms with van der Waals surface area (Å²) >= 11 is 0. The standard InChI is InChI=1S/C25H36O5/c1-5-6-7-8-11-24(2,3)17-13-20(27)22-18-12-16(23(28)29)9-10-19(18)25(4,15-26)30-21(22)14-17/h9,13-14,18-19,26-27H,5-8,10-12,15H2,1-4H3,(H,28,29)/t18-,19-,25+/m1/s1. The molecule has 3 rings (SSSR count). The Hall–Kier alpha value is -2.01. The van der Waals surface area contributed by atoms with Gasteiger partial charge < -0.3 is 20.1 Å². The molecule has 5 nitrogen and oxygen atoms in total. The van der Waals surface area contributed by atoms with Gasteiger partial charge in [-0.3, -0.25) is 0 Å². The number of unbranched alkanes of at least 4 members (excludes halogenated alkanes) is 3. The van der Waals surface area contributed by atoms with Crippen LogP contribution in [0.25, 0.3) is 0 Å². The number of aromatic hydroxyl groups is 1. The van der Waals surface area contributed by atoms with E-state index >= 15 is 0 Å². The van der Waals surface area contributed by atoms with Gasteiger partial charge in [0.25, 0.3) is 0 Å². The molecule has 0 saturated carbocycles. The molecular formula is C25H36O5. The lowest BCUT2D eigenvalue weighted by Gasteiger charge is -2.48. The molecule has 30 heavy (non-hydrogen) atoms. The molecule has 0 unspecified atom stereocenters. The molecule has 3 N–H and O–H groups in total. The summed E-state index contributed by atoms with van der Waals surface area (Å²) in [5.41, 5.74) is 1.13. The number of carbonyl (C=O) groups is 1. The van der Waals surface area contributed by atoms with Crippen molar-refractivity contribution in [3.8, 4) is 11.5 Å². The van der Waals surface area contributed by atoms with E-state index in [2.05, 4.69) is 20.8 Å². The molecule has 2 aliphatic rings. The molecule has 0 aromatic heterocycles. The second kappa shape index (κ2) is 8.62. The third kappa shape index (κ3) is 4.22. The third-order valence-corrected chi connectivity index (χ3v) is 7.19. The number of aliphatic hydroxyl groups is 1. The first-order valence-corrected chi connectivity index (χ1v) is 11.2. The van der Waals surface area contributed by atoms with Crippen LogP contribution in [0, 0.1) is 5.92 Å². The number of hydrogen-bond donors (Lipinski definition) is 3. The Bertz CT molecular complexity index is 825. The number of allylic oxidation sites excluding steroid dienone is 1. The maximum Gasteiger partial charge on any atom is 0.331 e. The van der Waals surface area contributed by atoms with Crippen molar-refractivity contribution in [1.29, 1.82) is 0 Å². The van der Waals surface area contributed by atoms with Crippen LogP contribution in [0.2, 0.25) is 0 Å². The van der Waals surface area contributed by atoms with E-state index in [0.29, 0.717) is 29.7 Å². The third-order valence-electron chi connectivity index (χ3n) is 7.19. The topological polar surface area (TPSA) is 87.0 Å². The molecule has 0 saturated heterocycles. The van der Waals surface area contributed by atoms with Crippen LogP contribution in [0.5, 0.6) is 11.5 Å². The second-order valence-corrected chi connectivity index (χ2v) is 9.86. The minimum absolute atomic E-state index is 0.0862. The number of rotatable bonds is 8. The highest BCUT2D eigenvalue weighted by atomic mass is 16.5. The summed E-state index contributed by atoms with van der Waals surface area (Å²) in [6.45, 7) is 8.29. The number of hydrogen-bond acceptors (Lipinski definition) is 4. The summed E-state index contributed by atoms with van der Waals surface area (Å²) in [7, 11) is 0. The number of benzene rings is 1. The van der Waals surface area contributed by atoms with Crippen molar-refractivity contribution in [2.75, 3.05) is 6.61 Å². The molecular weight excluding hydrogens is 380 g/mol. The molecule has 1 heterocycles. The quantitative estimate of drug-likeness (QED) is 0.501. The summed E-state index contributed by atoms with van der Waals surface area (Å²) < 4.78 is 6.31. The summed E-state index contributed by atoms with van der Waals surface area (Å²) in [6, 6.07) is 3.83. The molecule has 0 bridgehead atoms. The Morgan fingerprint density at radius 1 is 1.27 bits per heavy atom. The molecule has 1 aliphatic heterocycles. The summed E-state index contributed by atoms with van der Waals surface area (Å²) in [5, 5.41) is 30.6. The van der Waals surface area contributed by atoms with Crippen LogP contribution in [0.15, 0.2) is 23.8 Å². The highest BCUT2D eigenvalue weighted by Crippen LogP contribution is 2.55. The number of ether oxygens (including phenoxy) is 1. The van der Waals surface area contributed by atoms with Gasteiger partial charge in [0.1, 0.15) is 17.1 Å². The van der Waals surface area contributed by atoms with Gasteiger partial charge in [-0.05, 0) is 49.3 Å². The van der Waals surface area contributed by atoms with E-state index in [4.69, 9.17) is 4.74 Å². The molecule has 1 aromatic carbocycles. The number of phenolic OH excluding ortho intramolecular Hbond substituents is 1. The normalized spacial score (nSPS) is 25.7. The Balaban J connectivity index is 1.98. The lowest BCUT2D eigenvalue weighted by molar-refractivity contribution is -0.133. The summed E-state index contributed by atoms with van der Waals surface area (Å²) in [5.74, 6) is -0.445. The van der Waals surface area contributed by atoms with Gasteiger partial charge in [-0.2, -0.15) is 0 Å². The van der Waals surface area contributed by atoms with Crippen molar-refractivity contribution in [2.45, 2.75) is 89.6 Å². The Kier molecular flexibility index (Phi) is 6.51. The van der Waals surface area contributed by atoms with Crippen LogP contribution in [0.1, 0.15) is 89.7 Å². The van der Waals surface area contributed by atoms with E-state index in [0.717, 1.165) is 18.4 Å². The smallest absolute Gasteiger partial charge is 0.331 e. The maximum absolute atomic E-state index is 11.6. The van der Waals surface area contributed by atoms with E-state index in [-0.39, 0.29) is 29.6 Å². The van der Waals surface area contributed by atoms with Crippen LogP contribution in [0.4, 0.5) is 0 Å². The van der Waals surface area contributed by atoms with Gasteiger partial charge in [-0.15, -0.1) is 0 Å². The molecule has 0 spiro atoms. The monoisotopic (exact) mass is 416 g/mol. The summed E-state index contributed by atoms with van der Waals surface area (Å²) in [4.78, 5) is 11.6. The number of aliphatic carboxylic acids is 1. The first kappa shape index (κ1) is 22.7. The van der Waals surface area contributed by atoms with Crippen molar-refractivity contribution in [2.24, 2.45) is 5.92 Å². The van der Waals surface area contributed by atoms with Crippen molar-refractivity contribution in [1.82, 2.24) is 0 Å². The zero-order valence-electron chi connectivity index (χ0n) is 18.7. The van der Waals surface area contributed by atoms with Crippen LogP contribution in [0.3, 0.4) is 0 Å². The zero-order valence-corrected chi connectivity index (χ0v) is 18.7. The zero-order chi connectivity index (χ0) is 22.1. The number of aliphatic hydroxyl groups excluding tert-OH is 1. The highest BCUT2D eigenvalue weighted by molar-refractivity contribution is 5.87. The molecule has 1 aromatic rings. The maximum atomic E-state index is 11.6. The molecule has 0 amide bonds. The van der Waals surface area contributed by atoms with E-state index in [1.165, 1.54) is 19.3 Å². The van der Waals surface area contributed by atoms with Gasteiger partial charge >= 0.3 is 5.97 Å². The Morgan fingerprint density at radius 2 is 2.00 bits per heavy atom. The highest BCUT2D eigenvalue weighted by Gasteiger charge is 2.49. The van der Waals surface area contributed by atoms with Gasteiger partial charge in [0.15, 0.2) is 0 Å². The average molecular weight is 417 g/mol. The predicted molar refractivity (Wildman–Crippen MR) is 117 cm³/mol. The molecule has 3 atom stereocenters. The van der Waals surface area contributed by atoms with E-state index in [1.54, 1.807) is 6.08 Å². The van der Waals surface area contributed by atoms with Crippen LogP contribution in [-0.4, -0.2) is 33.5 Å². The number of carboxylic acid groups (broad SMARTS) is 1. The van der Waals surface area contributed by atoms with Gasteiger partial charge in [-0.25, -0.2) is 4.79 Å². The van der Waals surface area contributed by atoms with Crippen LogP contribution < -0.4 is 4.74 Å². The van der Waals surface area contributed by atoms with Gasteiger partial charge in [0.05, 0.1) is 6.61 Å². The van der Waals surface area contributed by atoms with Crippen molar-refractivity contribution in [3.63, 3.8) is 0 Å². The first-order valence-electron chi connectivity index (χ1n) is 11.2. The van der Waals surface area contributed by atoms with Crippen molar-refractivity contribution < 1.29 is 24.9 Å². The SMILES string of the molecule is CCCCCCC(C)(C)c1cc(O)c2c(c1)O[C@@](C)(CO)[C@@H]1CC=C(C(=O)O)C[C@@H]21. The largest absolute Gasteiger partial charge is 0.508 e. The van der Waals surface area contributed by atoms with Crippen LogP contribution in [-0.2, 0) is 10.2 Å². The molecule has 166 valence electrons. The average Bonchev–Trinajstić information content (AvgIpc) is 2.70. The fourth-order valence-electron chi connectivity index (χ4n) is 5.12. The van der Waals surface area contributed by atoms with E-state index in [1.807, 2.05) is 19.1 Å². The number of phenols is 1. The van der Waals surface area contributed by atoms with Gasteiger partial charge in [-0.1, -0.05) is 52.5 Å². The van der Waals surface area contributed by atoms with Gasteiger partial charge in [0.2, 0.25) is 0 Å². The number of fused-ring (bicyclic) bond motifs is 3. The lowest BCUT2D eigenvalue weighted by Crippen LogP contribution is -2.50. The van der Waals surface area contributed by atoms with Crippen molar-refractivity contribution >= 4 is 5.97 Å². The molecule has 5 heteroatoms. The Morgan fingerprint density at radius 3 is 2.63 bits per heavy atom. The van der Waals surface area contributed by atoms with Crippen LogP contribution >= 0.6 is 0 Å². The van der Waals surface area contributed by atoms with Gasteiger partial charge in [0, 0.05) is 23.0 Å². The molecule has 0 fully saturated rings. The molecule has 1 aliphatic carbocycles. The minimum atomic E-state index is -0.920. The fourth-order valence-corrected chi connectivity index (χ4v) is 5.12. The second-order valence-electron chi connectivity index (χ2n) is 9.86. The minimum Gasteiger partial charge on any atom is -0.508 e. The first-order chi connectivity index (χ1) is 14.1. The van der Waals surface area contributed by atoms with E-state index < -0.39 is 11.6 Å². The predicted octanol–water partition coefficient (Wildman–Crippen LogP) is 5.29.